The van der Waals surface area contributed by atoms with Crippen LogP contribution in [0.3, 0.4) is 0 Å². The van der Waals surface area contributed by atoms with E-state index >= 15 is 0 Å². The number of hydrogen-bond acceptors (Lipinski definition) is 9. The SMILES string of the molecule is CNC(=O)[C@]1(C)CC[C@@H](Nc2ncc3c(Br)nn(-c4ccc(-c5nnc(C)s5)c(CC#N)c4)c3n2)C1. The molecule has 1 fully saturated rings. The maximum Gasteiger partial charge on any atom is 0.225 e. The Bertz CT molecular complexity index is 1510. The fraction of sp³-hybridized carbons (Fsp3) is 0.375. The van der Waals surface area contributed by atoms with Gasteiger partial charge in [0.25, 0.3) is 0 Å². The first-order valence-electron chi connectivity index (χ1n) is 11.5. The third-order valence-corrected chi connectivity index (χ3v) is 8.05. The molecule has 0 radical (unpaired) electrons. The van der Waals surface area contributed by atoms with Gasteiger partial charge in [-0.2, -0.15) is 15.3 Å². The molecule has 5 rings (SSSR count). The lowest BCUT2D eigenvalue weighted by Crippen LogP contribution is -2.35. The molecule has 0 spiro atoms. The standard InChI is InChI=1S/C24H24BrN9OS/c1-13-31-32-21(36-13)17-5-4-16(10-14(17)7-9-26)34-20-18(19(25)33-34)12-28-23(30-20)29-15-6-8-24(2,11-15)22(35)27-3/h4-5,10,12,15H,6-8,11H2,1-3H3,(H,27,35)(H,28,29,30)/t15-,24-/m1/s1. The Morgan fingerprint density at radius 3 is 2.94 bits per heavy atom. The largest absolute Gasteiger partial charge is 0.359 e. The summed E-state index contributed by atoms with van der Waals surface area (Å²) >= 11 is 5.02. The van der Waals surface area contributed by atoms with Gasteiger partial charge in [-0.3, -0.25) is 4.79 Å². The molecular formula is C24H24BrN9OS. The van der Waals surface area contributed by atoms with Crippen LogP contribution in [-0.4, -0.2) is 48.9 Å². The Kier molecular flexibility index (Phi) is 6.44. The van der Waals surface area contributed by atoms with Gasteiger partial charge in [-0.15, -0.1) is 10.2 Å². The van der Waals surface area contributed by atoms with E-state index in [1.54, 1.807) is 17.9 Å². The van der Waals surface area contributed by atoms with Crippen molar-refractivity contribution >= 4 is 50.2 Å². The number of aryl methyl sites for hydroxylation is 1. The van der Waals surface area contributed by atoms with Crippen LogP contribution < -0.4 is 10.6 Å². The van der Waals surface area contributed by atoms with Crippen molar-refractivity contribution in [2.24, 2.45) is 5.41 Å². The number of amides is 1. The topological polar surface area (TPSA) is 134 Å². The maximum absolute atomic E-state index is 12.3. The van der Waals surface area contributed by atoms with Crippen LogP contribution in [0, 0.1) is 23.7 Å². The molecule has 1 aliphatic rings. The number of nitrogens with zero attached hydrogens (tertiary/aromatic N) is 7. The molecule has 0 bridgehead atoms. The third kappa shape index (κ3) is 4.44. The zero-order valence-electron chi connectivity index (χ0n) is 20.0. The van der Waals surface area contributed by atoms with Gasteiger partial charge >= 0.3 is 0 Å². The van der Waals surface area contributed by atoms with E-state index in [0.717, 1.165) is 45.1 Å². The molecule has 184 valence electrons. The van der Waals surface area contributed by atoms with Gasteiger partial charge in [0.05, 0.1) is 23.6 Å². The second-order valence-corrected chi connectivity index (χ2v) is 11.1. The Morgan fingerprint density at radius 1 is 1.39 bits per heavy atom. The van der Waals surface area contributed by atoms with E-state index < -0.39 is 5.41 Å². The van der Waals surface area contributed by atoms with Crippen LogP contribution in [0.2, 0.25) is 0 Å². The molecule has 1 amide bonds. The number of nitriles is 1. The third-order valence-electron chi connectivity index (χ3n) is 6.59. The summed E-state index contributed by atoms with van der Waals surface area (Å²) in [6, 6.07) is 8.17. The zero-order valence-corrected chi connectivity index (χ0v) is 22.4. The minimum Gasteiger partial charge on any atom is -0.359 e. The van der Waals surface area contributed by atoms with Crippen LogP contribution in [0.5, 0.6) is 0 Å². The molecule has 2 N–H and O–H groups in total. The number of benzene rings is 1. The summed E-state index contributed by atoms with van der Waals surface area (Å²) in [7, 11) is 1.67. The van der Waals surface area contributed by atoms with E-state index in [2.05, 4.69) is 52.9 Å². The van der Waals surface area contributed by atoms with Crippen LogP contribution in [0.15, 0.2) is 29.0 Å². The van der Waals surface area contributed by atoms with Crippen molar-refractivity contribution in [2.45, 2.75) is 45.6 Å². The average molecular weight is 566 g/mol. The highest BCUT2D eigenvalue weighted by molar-refractivity contribution is 9.10. The molecule has 0 unspecified atom stereocenters. The number of halogens is 1. The fourth-order valence-electron chi connectivity index (χ4n) is 4.73. The monoisotopic (exact) mass is 565 g/mol. The van der Waals surface area contributed by atoms with Gasteiger partial charge in [-0.05, 0) is 65.9 Å². The van der Waals surface area contributed by atoms with E-state index in [9.17, 15) is 10.1 Å². The predicted octanol–water partition coefficient (Wildman–Crippen LogP) is 4.19. The van der Waals surface area contributed by atoms with Gasteiger partial charge in [0.1, 0.15) is 14.6 Å². The lowest BCUT2D eigenvalue weighted by molar-refractivity contribution is -0.129. The number of hydrogen-bond donors (Lipinski definition) is 2. The Labute approximate surface area is 220 Å². The number of nitrogens with one attached hydrogen (secondary N) is 2. The van der Waals surface area contributed by atoms with Crippen LogP contribution in [0.25, 0.3) is 27.3 Å². The lowest BCUT2D eigenvalue weighted by Gasteiger charge is -2.22. The summed E-state index contributed by atoms with van der Waals surface area (Å²) in [4.78, 5) is 21.6. The average Bonchev–Trinajstić information content (AvgIpc) is 3.56. The predicted molar refractivity (Wildman–Crippen MR) is 141 cm³/mol. The molecule has 2 atom stereocenters. The van der Waals surface area contributed by atoms with Crippen molar-refractivity contribution in [2.75, 3.05) is 12.4 Å². The summed E-state index contributed by atoms with van der Waals surface area (Å²) in [5, 5.41) is 31.0. The van der Waals surface area contributed by atoms with E-state index in [4.69, 9.17) is 4.98 Å². The maximum atomic E-state index is 12.3. The number of carbonyl (C=O) groups excluding carboxylic acids is 1. The molecular weight excluding hydrogens is 542 g/mol. The molecule has 1 saturated carbocycles. The molecule has 1 aliphatic carbocycles. The number of carbonyl (C=O) groups is 1. The van der Waals surface area contributed by atoms with Crippen LogP contribution in [0.4, 0.5) is 5.95 Å². The molecule has 12 heteroatoms. The Hall–Kier alpha value is -3.43. The molecule has 36 heavy (non-hydrogen) atoms. The van der Waals surface area contributed by atoms with Crippen molar-refractivity contribution in [3.8, 4) is 22.3 Å². The summed E-state index contributed by atoms with van der Waals surface area (Å²) < 4.78 is 2.37. The van der Waals surface area contributed by atoms with Crippen molar-refractivity contribution < 1.29 is 4.79 Å². The summed E-state index contributed by atoms with van der Waals surface area (Å²) in [5.74, 6) is 0.547. The van der Waals surface area contributed by atoms with Crippen LogP contribution in [-0.2, 0) is 11.2 Å². The van der Waals surface area contributed by atoms with Gasteiger partial charge in [0.2, 0.25) is 11.9 Å². The second-order valence-electron chi connectivity index (χ2n) is 9.16. The van der Waals surface area contributed by atoms with Crippen molar-refractivity contribution in [1.29, 1.82) is 5.26 Å². The van der Waals surface area contributed by atoms with Crippen molar-refractivity contribution in [3.63, 3.8) is 0 Å². The highest BCUT2D eigenvalue weighted by Crippen LogP contribution is 2.39. The van der Waals surface area contributed by atoms with E-state index in [0.29, 0.717) is 22.6 Å². The molecule has 10 nitrogen and oxygen atoms in total. The number of anilines is 1. The zero-order chi connectivity index (χ0) is 25.4. The molecule has 0 saturated heterocycles. The summed E-state index contributed by atoms with van der Waals surface area (Å²) in [5.41, 5.74) is 2.75. The molecule has 4 aromatic rings. The van der Waals surface area contributed by atoms with Gasteiger partial charge in [-0.25, -0.2) is 9.67 Å². The van der Waals surface area contributed by atoms with Gasteiger partial charge in [0, 0.05) is 30.3 Å². The second kappa shape index (κ2) is 9.55. The van der Waals surface area contributed by atoms with E-state index in [1.807, 2.05) is 32.0 Å². The first kappa shape index (κ1) is 24.3. The number of fused-ring (bicyclic) bond motifs is 1. The number of rotatable bonds is 6. The lowest BCUT2D eigenvalue weighted by atomic mass is 9.87. The quantitative estimate of drug-likeness (QED) is 0.355. The summed E-state index contributed by atoms with van der Waals surface area (Å²) in [6.07, 6.45) is 4.34. The minimum atomic E-state index is -0.397. The van der Waals surface area contributed by atoms with E-state index in [1.165, 1.54) is 11.3 Å². The van der Waals surface area contributed by atoms with Crippen LogP contribution in [0.1, 0.15) is 36.8 Å². The molecule has 0 aliphatic heterocycles. The van der Waals surface area contributed by atoms with Crippen LogP contribution >= 0.6 is 27.3 Å². The minimum absolute atomic E-state index is 0.0606. The fourth-order valence-corrected chi connectivity index (χ4v) is 5.92. The summed E-state index contributed by atoms with van der Waals surface area (Å²) in [6.45, 7) is 3.90. The first-order valence-corrected chi connectivity index (χ1v) is 13.1. The Morgan fingerprint density at radius 2 is 2.22 bits per heavy atom. The van der Waals surface area contributed by atoms with Crippen molar-refractivity contribution in [3.05, 3.63) is 39.6 Å². The Balaban J connectivity index is 1.48. The molecule has 3 heterocycles. The molecule has 1 aromatic carbocycles. The first-order chi connectivity index (χ1) is 17.3. The highest BCUT2D eigenvalue weighted by Gasteiger charge is 2.41. The van der Waals surface area contributed by atoms with E-state index in [-0.39, 0.29) is 18.4 Å². The van der Waals surface area contributed by atoms with Crippen molar-refractivity contribution in [1.82, 2.24) is 35.3 Å². The van der Waals surface area contributed by atoms with Gasteiger partial charge in [-0.1, -0.05) is 18.3 Å². The normalized spacial score (nSPS) is 19.4. The van der Waals surface area contributed by atoms with Gasteiger partial charge in [0.15, 0.2) is 5.65 Å². The smallest absolute Gasteiger partial charge is 0.225 e. The molecule has 3 aromatic heterocycles. The number of aromatic nitrogens is 6. The highest BCUT2D eigenvalue weighted by atomic mass is 79.9. The van der Waals surface area contributed by atoms with Gasteiger partial charge < -0.3 is 10.6 Å².